The van der Waals surface area contributed by atoms with Crippen LogP contribution in [0.1, 0.15) is 47.0 Å². The smallest absolute Gasteiger partial charge is 0.0650 e. The summed E-state index contributed by atoms with van der Waals surface area (Å²) in [6.07, 6.45) is 10.8. The van der Waals surface area contributed by atoms with E-state index < -0.39 is 0 Å². The standard InChI is InChI=1S/C14H24N2/c1-13(2,3)14(4)9-8-12-7-5-6-10-16(12)15-11-14/h8-9,11-12H,5-7,10H2,1-4H3. The lowest BCUT2D eigenvalue weighted by molar-refractivity contribution is 0.189. The van der Waals surface area contributed by atoms with Gasteiger partial charge in [0.05, 0.1) is 6.04 Å². The second kappa shape index (κ2) is 3.90. The lowest BCUT2D eigenvalue weighted by Crippen LogP contribution is -2.34. The van der Waals surface area contributed by atoms with Crippen molar-refractivity contribution < 1.29 is 0 Å². The van der Waals surface area contributed by atoms with Crippen molar-refractivity contribution in [3.63, 3.8) is 0 Å². The average Bonchev–Trinajstić information content (AvgIpc) is 2.39. The molecular formula is C14H24N2. The Hall–Kier alpha value is -0.790. The van der Waals surface area contributed by atoms with Crippen molar-refractivity contribution in [3.8, 4) is 0 Å². The fourth-order valence-electron chi connectivity index (χ4n) is 2.27. The maximum Gasteiger partial charge on any atom is 0.0650 e. The Morgan fingerprint density at radius 3 is 2.75 bits per heavy atom. The highest BCUT2D eigenvalue weighted by Crippen LogP contribution is 2.40. The molecule has 0 spiro atoms. The van der Waals surface area contributed by atoms with E-state index in [0.29, 0.717) is 6.04 Å². The number of hydrazone groups is 1. The maximum absolute atomic E-state index is 4.71. The third-order valence-corrected chi connectivity index (χ3v) is 4.27. The number of nitrogens with zero attached hydrogens (tertiary/aromatic N) is 2. The fourth-order valence-corrected chi connectivity index (χ4v) is 2.27. The van der Waals surface area contributed by atoms with Gasteiger partial charge in [-0.25, -0.2) is 0 Å². The van der Waals surface area contributed by atoms with E-state index in [1.165, 1.54) is 19.3 Å². The lowest BCUT2D eigenvalue weighted by Gasteiger charge is -2.35. The molecule has 2 nitrogen and oxygen atoms in total. The number of fused-ring (bicyclic) bond motifs is 1. The third-order valence-electron chi connectivity index (χ3n) is 4.27. The Morgan fingerprint density at radius 2 is 2.06 bits per heavy atom. The van der Waals surface area contributed by atoms with Crippen molar-refractivity contribution in [2.45, 2.75) is 53.0 Å². The Bertz CT molecular complexity index is 287. The van der Waals surface area contributed by atoms with Crippen molar-refractivity contribution in [1.82, 2.24) is 5.01 Å². The summed E-state index contributed by atoms with van der Waals surface area (Å²) in [5.41, 5.74) is 0.298. The van der Waals surface area contributed by atoms with Gasteiger partial charge in [0.1, 0.15) is 0 Å². The summed E-state index contributed by atoms with van der Waals surface area (Å²) in [4.78, 5) is 0. The molecular weight excluding hydrogens is 196 g/mol. The number of piperidine rings is 1. The minimum atomic E-state index is 0.0737. The van der Waals surface area contributed by atoms with Crippen LogP contribution in [0.5, 0.6) is 0 Å². The average molecular weight is 220 g/mol. The largest absolute Gasteiger partial charge is 0.290 e. The molecule has 1 saturated heterocycles. The van der Waals surface area contributed by atoms with Gasteiger partial charge in [0.25, 0.3) is 0 Å². The summed E-state index contributed by atoms with van der Waals surface area (Å²) in [6, 6.07) is 0.536. The van der Waals surface area contributed by atoms with Crippen LogP contribution in [0.4, 0.5) is 0 Å². The highest BCUT2D eigenvalue weighted by atomic mass is 15.5. The van der Waals surface area contributed by atoms with Gasteiger partial charge in [0, 0.05) is 18.2 Å². The molecule has 0 aromatic rings. The van der Waals surface area contributed by atoms with Gasteiger partial charge < -0.3 is 0 Å². The minimum Gasteiger partial charge on any atom is -0.290 e. The summed E-state index contributed by atoms with van der Waals surface area (Å²) in [6.45, 7) is 10.3. The molecule has 0 aliphatic carbocycles. The topological polar surface area (TPSA) is 15.6 Å². The molecule has 2 unspecified atom stereocenters. The van der Waals surface area contributed by atoms with Gasteiger partial charge in [0.2, 0.25) is 0 Å². The quantitative estimate of drug-likeness (QED) is 0.571. The fraction of sp³-hybridized carbons (Fsp3) is 0.786. The molecule has 0 aromatic carbocycles. The lowest BCUT2D eigenvalue weighted by atomic mass is 9.68. The van der Waals surface area contributed by atoms with Crippen LogP contribution in [-0.4, -0.2) is 23.8 Å². The van der Waals surface area contributed by atoms with Crippen molar-refractivity contribution in [3.05, 3.63) is 12.2 Å². The van der Waals surface area contributed by atoms with Crippen LogP contribution in [0.3, 0.4) is 0 Å². The zero-order chi connectivity index (χ0) is 11.8. The van der Waals surface area contributed by atoms with E-state index in [-0.39, 0.29) is 10.8 Å². The van der Waals surface area contributed by atoms with E-state index in [1.54, 1.807) is 0 Å². The SMILES string of the molecule is CC(C)(C)C1(C)C=CC2CCCCN2N=C1. The first-order chi connectivity index (χ1) is 7.42. The molecule has 16 heavy (non-hydrogen) atoms. The molecule has 90 valence electrons. The van der Waals surface area contributed by atoms with Crippen LogP contribution in [0, 0.1) is 10.8 Å². The molecule has 0 N–H and O–H groups in total. The van der Waals surface area contributed by atoms with E-state index in [9.17, 15) is 0 Å². The molecule has 2 heteroatoms. The van der Waals surface area contributed by atoms with Crippen molar-refractivity contribution in [2.75, 3.05) is 6.54 Å². The summed E-state index contributed by atoms with van der Waals surface area (Å²) < 4.78 is 0. The minimum absolute atomic E-state index is 0.0737. The van der Waals surface area contributed by atoms with Crippen LogP contribution in [0.25, 0.3) is 0 Å². The van der Waals surface area contributed by atoms with Crippen LogP contribution >= 0.6 is 0 Å². The maximum atomic E-state index is 4.71. The second-order valence-electron chi connectivity index (χ2n) is 6.36. The molecule has 2 aliphatic heterocycles. The number of hydrogen-bond donors (Lipinski definition) is 0. The first-order valence-electron chi connectivity index (χ1n) is 6.43. The van der Waals surface area contributed by atoms with Crippen LogP contribution in [-0.2, 0) is 0 Å². The number of allylic oxidation sites excluding steroid dienone is 1. The number of hydrogen-bond acceptors (Lipinski definition) is 2. The molecule has 0 saturated carbocycles. The predicted molar refractivity (Wildman–Crippen MR) is 69.5 cm³/mol. The Labute approximate surface area is 99.4 Å². The van der Waals surface area contributed by atoms with Crippen LogP contribution in [0.15, 0.2) is 17.3 Å². The zero-order valence-corrected chi connectivity index (χ0v) is 11.0. The van der Waals surface area contributed by atoms with E-state index >= 15 is 0 Å². The Kier molecular flexibility index (Phi) is 2.85. The second-order valence-corrected chi connectivity index (χ2v) is 6.36. The summed E-state index contributed by atoms with van der Waals surface area (Å²) in [5, 5.41) is 6.97. The van der Waals surface area contributed by atoms with Gasteiger partial charge >= 0.3 is 0 Å². The highest BCUT2D eigenvalue weighted by Gasteiger charge is 2.36. The van der Waals surface area contributed by atoms with Gasteiger partial charge in [0.15, 0.2) is 0 Å². The Balaban J connectivity index is 2.27. The van der Waals surface area contributed by atoms with Crippen molar-refractivity contribution in [2.24, 2.45) is 15.9 Å². The van der Waals surface area contributed by atoms with Gasteiger partial charge in [-0.2, -0.15) is 5.10 Å². The van der Waals surface area contributed by atoms with Crippen molar-refractivity contribution >= 4 is 6.21 Å². The van der Waals surface area contributed by atoms with Gasteiger partial charge in [-0.15, -0.1) is 0 Å². The van der Waals surface area contributed by atoms with Gasteiger partial charge in [-0.1, -0.05) is 39.8 Å². The molecule has 0 amide bonds. The zero-order valence-electron chi connectivity index (χ0n) is 11.0. The van der Waals surface area contributed by atoms with Gasteiger partial charge in [-0.05, 0) is 24.7 Å². The first kappa shape index (κ1) is 11.7. The summed E-state index contributed by atoms with van der Waals surface area (Å²) in [7, 11) is 0. The molecule has 1 fully saturated rings. The molecule has 0 radical (unpaired) electrons. The first-order valence-corrected chi connectivity index (χ1v) is 6.43. The van der Waals surface area contributed by atoms with E-state index in [0.717, 1.165) is 6.54 Å². The van der Waals surface area contributed by atoms with E-state index in [4.69, 9.17) is 5.10 Å². The third kappa shape index (κ3) is 2.02. The highest BCUT2D eigenvalue weighted by molar-refractivity contribution is 5.69. The van der Waals surface area contributed by atoms with Gasteiger partial charge in [-0.3, -0.25) is 5.01 Å². The summed E-state index contributed by atoms with van der Waals surface area (Å²) in [5.74, 6) is 0. The molecule has 0 bridgehead atoms. The molecule has 2 atom stereocenters. The van der Waals surface area contributed by atoms with Crippen LogP contribution < -0.4 is 0 Å². The van der Waals surface area contributed by atoms with Crippen LogP contribution in [0.2, 0.25) is 0 Å². The van der Waals surface area contributed by atoms with Crippen molar-refractivity contribution in [1.29, 1.82) is 0 Å². The monoisotopic (exact) mass is 220 g/mol. The molecule has 2 aliphatic rings. The van der Waals surface area contributed by atoms with E-state index in [2.05, 4.69) is 51.1 Å². The Morgan fingerprint density at radius 1 is 1.31 bits per heavy atom. The number of rotatable bonds is 0. The summed E-state index contributed by atoms with van der Waals surface area (Å²) >= 11 is 0. The molecule has 0 aromatic heterocycles. The predicted octanol–water partition coefficient (Wildman–Crippen LogP) is 3.45. The molecule has 2 heterocycles. The normalized spacial score (nSPS) is 34.8. The molecule has 2 rings (SSSR count). The van der Waals surface area contributed by atoms with E-state index in [1.807, 2.05) is 0 Å².